The summed E-state index contributed by atoms with van der Waals surface area (Å²) in [6.45, 7) is 12.8. The van der Waals surface area contributed by atoms with E-state index in [1.165, 1.54) is 11.1 Å². The number of aromatic amines is 1. The zero-order chi connectivity index (χ0) is 23.6. The average Bonchev–Trinajstić information content (AvgIpc) is 3.41. The van der Waals surface area contributed by atoms with Crippen molar-refractivity contribution in [2.24, 2.45) is 0 Å². The maximum absolute atomic E-state index is 9.80. The predicted octanol–water partition coefficient (Wildman–Crippen LogP) is 3.66. The summed E-state index contributed by atoms with van der Waals surface area (Å²) in [6.07, 6.45) is 5.36. The van der Waals surface area contributed by atoms with Crippen molar-refractivity contribution >= 4 is 22.5 Å². The molecule has 0 radical (unpaired) electrons. The molecule has 0 unspecified atom stereocenters. The summed E-state index contributed by atoms with van der Waals surface area (Å²) in [5, 5.41) is 14.2. The van der Waals surface area contributed by atoms with Gasteiger partial charge in [0.15, 0.2) is 5.65 Å². The topological polar surface area (TPSA) is 85.6 Å². The predicted molar refractivity (Wildman–Crippen MR) is 134 cm³/mol. The Balaban J connectivity index is 1.34. The number of nitrogens with one attached hydrogen (secondary N) is 1. The summed E-state index contributed by atoms with van der Waals surface area (Å²) in [6, 6.07) is 4.88. The lowest BCUT2D eigenvalue weighted by Gasteiger charge is -2.47. The largest absolute Gasteiger partial charge is 0.393 e. The SMILES string of the molecule is Cc1c(-c2[nH]c3ccc(N4CC(N5CCC(O)CC5)C4)nc3c2C(C)C)cn2ncnc2c1C. The van der Waals surface area contributed by atoms with Crippen molar-refractivity contribution in [3.63, 3.8) is 0 Å². The van der Waals surface area contributed by atoms with Crippen molar-refractivity contribution in [3.8, 4) is 11.3 Å². The Morgan fingerprint density at radius 2 is 1.85 bits per heavy atom. The van der Waals surface area contributed by atoms with Crippen LogP contribution in [0.5, 0.6) is 0 Å². The van der Waals surface area contributed by atoms with Crippen molar-refractivity contribution in [2.75, 3.05) is 31.1 Å². The third-order valence-electron chi connectivity index (χ3n) is 7.84. The highest BCUT2D eigenvalue weighted by atomic mass is 16.3. The minimum atomic E-state index is -0.119. The van der Waals surface area contributed by atoms with E-state index in [0.29, 0.717) is 12.0 Å². The summed E-state index contributed by atoms with van der Waals surface area (Å²) >= 11 is 0. The van der Waals surface area contributed by atoms with E-state index in [2.05, 4.69) is 70.9 Å². The van der Waals surface area contributed by atoms with E-state index in [4.69, 9.17) is 4.98 Å². The Labute approximate surface area is 199 Å². The molecule has 8 heteroatoms. The molecule has 4 aromatic rings. The Kier molecular flexibility index (Phi) is 5.11. The van der Waals surface area contributed by atoms with E-state index < -0.39 is 0 Å². The van der Waals surface area contributed by atoms with Gasteiger partial charge in [0, 0.05) is 49.5 Å². The number of rotatable bonds is 4. The summed E-state index contributed by atoms with van der Waals surface area (Å²) in [7, 11) is 0. The van der Waals surface area contributed by atoms with E-state index in [9.17, 15) is 5.11 Å². The highest BCUT2D eigenvalue weighted by Crippen LogP contribution is 2.38. The fourth-order valence-electron chi connectivity index (χ4n) is 5.60. The van der Waals surface area contributed by atoms with Gasteiger partial charge in [-0.05, 0) is 55.9 Å². The molecular formula is C26H33N7O. The number of aromatic nitrogens is 5. The van der Waals surface area contributed by atoms with Crippen molar-refractivity contribution in [1.29, 1.82) is 0 Å². The minimum Gasteiger partial charge on any atom is -0.393 e. The van der Waals surface area contributed by atoms with Crippen LogP contribution in [0.1, 0.15) is 49.3 Å². The standard InChI is InChI=1S/C26H33N7O/c1-15(2)23-24(20-13-33-26(27-14-28-33)17(4)16(20)3)29-21-5-6-22(30-25(21)23)32-11-18(12-32)31-9-7-19(34)8-10-31/h5-6,13-15,18-19,29,34H,7-12H2,1-4H3. The maximum atomic E-state index is 9.80. The van der Waals surface area contributed by atoms with Crippen LogP contribution < -0.4 is 4.90 Å². The van der Waals surface area contributed by atoms with E-state index >= 15 is 0 Å². The monoisotopic (exact) mass is 459 g/mol. The van der Waals surface area contributed by atoms with Gasteiger partial charge in [-0.3, -0.25) is 4.90 Å². The van der Waals surface area contributed by atoms with Gasteiger partial charge in [0.25, 0.3) is 0 Å². The molecule has 2 aliphatic heterocycles. The molecule has 0 atom stereocenters. The van der Waals surface area contributed by atoms with Crippen LogP contribution in [0.3, 0.4) is 0 Å². The van der Waals surface area contributed by atoms with Crippen LogP contribution in [0.4, 0.5) is 5.82 Å². The Morgan fingerprint density at radius 1 is 1.09 bits per heavy atom. The van der Waals surface area contributed by atoms with Crippen LogP contribution in [0.25, 0.3) is 27.9 Å². The number of anilines is 1. The number of likely N-dealkylation sites (tertiary alicyclic amines) is 1. The molecular weight excluding hydrogens is 426 g/mol. The fraction of sp³-hybridized carbons (Fsp3) is 0.500. The van der Waals surface area contributed by atoms with E-state index in [-0.39, 0.29) is 6.10 Å². The highest BCUT2D eigenvalue weighted by molar-refractivity contribution is 5.90. The first-order valence-electron chi connectivity index (χ1n) is 12.4. The summed E-state index contributed by atoms with van der Waals surface area (Å²) in [4.78, 5) is 18.2. The van der Waals surface area contributed by atoms with Crippen LogP contribution in [-0.4, -0.2) is 72.9 Å². The van der Waals surface area contributed by atoms with Crippen LogP contribution >= 0.6 is 0 Å². The minimum absolute atomic E-state index is 0.119. The van der Waals surface area contributed by atoms with Gasteiger partial charge < -0.3 is 15.0 Å². The van der Waals surface area contributed by atoms with Crippen LogP contribution in [0, 0.1) is 13.8 Å². The molecule has 2 aliphatic rings. The van der Waals surface area contributed by atoms with Gasteiger partial charge in [-0.1, -0.05) is 13.8 Å². The second kappa shape index (κ2) is 8.06. The lowest BCUT2D eigenvalue weighted by atomic mass is 9.95. The molecule has 0 amide bonds. The molecule has 178 valence electrons. The van der Waals surface area contributed by atoms with Gasteiger partial charge in [-0.15, -0.1) is 0 Å². The van der Waals surface area contributed by atoms with E-state index in [0.717, 1.165) is 78.3 Å². The highest BCUT2D eigenvalue weighted by Gasteiger charge is 2.34. The number of aliphatic hydroxyl groups is 1. The number of pyridine rings is 2. The summed E-state index contributed by atoms with van der Waals surface area (Å²) < 4.78 is 1.87. The molecule has 2 N–H and O–H groups in total. The average molecular weight is 460 g/mol. The molecule has 2 fully saturated rings. The number of aryl methyl sites for hydroxylation is 1. The molecule has 6 rings (SSSR count). The van der Waals surface area contributed by atoms with Gasteiger partial charge in [0.2, 0.25) is 0 Å². The molecule has 0 saturated carbocycles. The molecule has 0 aliphatic carbocycles. The van der Waals surface area contributed by atoms with Crippen LogP contribution in [0.15, 0.2) is 24.7 Å². The second-order valence-electron chi connectivity index (χ2n) is 10.3. The number of nitrogens with zero attached hydrogens (tertiary/aromatic N) is 6. The van der Waals surface area contributed by atoms with Gasteiger partial charge in [0.05, 0.1) is 22.8 Å². The van der Waals surface area contributed by atoms with Crippen LogP contribution in [0.2, 0.25) is 0 Å². The van der Waals surface area contributed by atoms with Crippen LogP contribution in [-0.2, 0) is 0 Å². The van der Waals surface area contributed by atoms with Gasteiger partial charge in [-0.2, -0.15) is 5.10 Å². The number of fused-ring (bicyclic) bond motifs is 2. The number of aliphatic hydroxyl groups excluding tert-OH is 1. The number of H-pyrrole nitrogens is 1. The first-order valence-corrected chi connectivity index (χ1v) is 12.4. The molecule has 34 heavy (non-hydrogen) atoms. The zero-order valence-electron chi connectivity index (χ0n) is 20.4. The molecule has 4 aromatic heterocycles. The number of hydrogen-bond acceptors (Lipinski definition) is 6. The van der Waals surface area contributed by atoms with Crippen molar-refractivity contribution in [2.45, 2.75) is 58.6 Å². The molecule has 2 saturated heterocycles. The first kappa shape index (κ1) is 21.6. The number of hydrogen-bond donors (Lipinski definition) is 2. The third kappa shape index (κ3) is 3.39. The van der Waals surface area contributed by atoms with Gasteiger partial charge >= 0.3 is 0 Å². The first-order chi connectivity index (χ1) is 16.4. The number of piperidine rings is 1. The molecule has 0 spiro atoms. The second-order valence-corrected chi connectivity index (χ2v) is 10.3. The van der Waals surface area contributed by atoms with E-state index in [1.807, 2.05) is 4.52 Å². The Hall–Kier alpha value is -2.97. The summed E-state index contributed by atoms with van der Waals surface area (Å²) in [5.74, 6) is 1.37. The molecule has 6 heterocycles. The lowest BCUT2D eigenvalue weighted by Crippen LogP contribution is -2.61. The quantitative estimate of drug-likeness (QED) is 0.485. The molecule has 8 nitrogen and oxygen atoms in total. The Morgan fingerprint density at radius 3 is 2.59 bits per heavy atom. The van der Waals surface area contributed by atoms with E-state index in [1.54, 1.807) is 6.33 Å². The smallest absolute Gasteiger partial charge is 0.158 e. The van der Waals surface area contributed by atoms with Gasteiger partial charge in [-0.25, -0.2) is 14.5 Å². The third-order valence-corrected chi connectivity index (χ3v) is 7.84. The zero-order valence-corrected chi connectivity index (χ0v) is 20.4. The Bertz CT molecular complexity index is 1360. The van der Waals surface area contributed by atoms with Crippen molar-refractivity contribution in [1.82, 2.24) is 29.5 Å². The van der Waals surface area contributed by atoms with Crippen molar-refractivity contribution < 1.29 is 5.11 Å². The normalized spacial score (nSPS) is 18.5. The lowest BCUT2D eigenvalue weighted by molar-refractivity contribution is 0.0530. The fourth-order valence-corrected chi connectivity index (χ4v) is 5.60. The van der Waals surface area contributed by atoms with Gasteiger partial charge in [0.1, 0.15) is 12.1 Å². The summed E-state index contributed by atoms with van der Waals surface area (Å²) in [5.41, 5.74) is 8.92. The maximum Gasteiger partial charge on any atom is 0.158 e. The van der Waals surface area contributed by atoms with Crippen molar-refractivity contribution in [3.05, 3.63) is 41.3 Å². The molecule has 0 bridgehead atoms. The molecule has 0 aromatic carbocycles.